The fourth-order valence-corrected chi connectivity index (χ4v) is 4.73. The molecule has 2 aromatic rings. The quantitative estimate of drug-likeness (QED) is 0.839. The van der Waals surface area contributed by atoms with Crippen molar-refractivity contribution in [2.75, 3.05) is 26.2 Å². The van der Waals surface area contributed by atoms with E-state index in [4.69, 9.17) is 9.51 Å². The minimum atomic E-state index is 0.115. The third-order valence-electron chi connectivity index (χ3n) is 6.41. The van der Waals surface area contributed by atoms with Gasteiger partial charge in [-0.15, -0.1) is 0 Å². The number of hydrogen-bond donors (Lipinski definition) is 1. The summed E-state index contributed by atoms with van der Waals surface area (Å²) in [7, 11) is 0. The summed E-state index contributed by atoms with van der Waals surface area (Å²) in [5, 5.41) is 4.21. The Balaban J connectivity index is 1.46. The van der Waals surface area contributed by atoms with Gasteiger partial charge in [-0.1, -0.05) is 32.3 Å². The molecule has 2 aliphatic heterocycles. The summed E-state index contributed by atoms with van der Waals surface area (Å²) in [5.74, 6) is 1.40. The predicted octanol–water partition coefficient (Wildman–Crippen LogP) is 3.67. The van der Waals surface area contributed by atoms with Gasteiger partial charge in [0, 0.05) is 37.8 Å². The molecule has 6 heteroatoms. The first-order valence-electron chi connectivity index (χ1n) is 10.6. The Morgan fingerprint density at radius 2 is 2.07 bits per heavy atom. The number of aromatic amines is 1. The van der Waals surface area contributed by atoms with Gasteiger partial charge in [-0.05, 0) is 31.7 Å². The molecule has 6 nitrogen and oxygen atoms in total. The molecule has 27 heavy (non-hydrogen) atoms. The summed E-state index contributed by atoms with van der Waals surface area (Å²) in [6, 6.07) is 2.12. The van der Waals surface area contributed by atoms with E-state index in [1.807, 2.05) is 6.33 Å². The van der Waals surface area contributed by atoms with Crippen LogP contribution in [0.25, 0.3) is 0 Å². The van der Waals surface area contributed by atoms with Crippen LogP contribution in [-0.2, 0) is 18.5 Å². The molecule has 0 radical (unpaired) electrons. The monoisotopic (exact) mass is 371 g/mol. The fourth-order valence-electron chi connectivity index (χ4n) is 4.73. The molecule has 0 saturated carbocycles. The van der Waals surface area contributed by atoms with Crippen molar-refractivity contribution < 1.29 is 4.52 Å². The molecule has 1 saturated heterocycles. The zero-order chi connectivity index (χ0) is 18.9. The van der Waals surface area contributed by atoms with Crippen LogP contribution >= 0.6 is 0 Å². The van der Waals surface area contributed by atoms with Crippen molar-refractivity contribution in [3.05, 3.63) is 35.2 Å². The number of fused-ring (bicyclic) bond motifs is 2. The molecule has 4 heterocycles. The molecule has 2 aromatic heterocycles. The molecule has 0 atom stereocenters. The van der Waals surface area contributed by atoms with E-state index in [9.17, 15) is 0 Å². The van der Waals surface area contributed by atoms with E-state index in [-0.39, 0.29) is 5.54 Å². The van der Waals surface area contributed by atoms with Crippen molar-refractivity contribution in [1.29, 1.82) is 0 Å². The SMILES string of the molecule is CCCCN1CCc2[nH]cnc2C12CCN(Cc1cc(C(C)C)no1)CC2. The van der Waals surface area contributed by atoms with Crippen LogP contribution in [0.15, 0.2) is 16.9 Å². The summed E-state index contributed by atoms with van der Waals surface area (Å²) in [5.41, 5.74) is 3.83. The molecule has 0 amide bonds. The van der Waals surface area contributed by atoms with Crippen LogP contribution < -0.4 is 0 Å². The third kappa shape index (κ3) is 3.57. The first-order chi connectivity index (χ1) is 13.1. The fraction of sp³-hybridized carbons (Fsp3) is 0.714. The van der Waals surface area contributed by atoms with Crippen molar-refractivity contribution >= 4 is 0 Å². The molecule has 2 aliphatic rings. The highest BCUT2D eigenvalue weighted by atomic mass is 16.5. The van der Waals surface area contributed by atoms with E-state index in [1.54, 1.807) is 0 Å². The van der Waals surface area contributed by atoms with Crippen LogP contribution in [0.4, 0.5) is 0 Å². The lowest BCUT2D eigenvalue weighted by Gasteiger charge is -2.50. The Bertz CT molecular complexity index is 741. The van der Waals surface area contributed by atoms with Gasteiger partial charge < -0.3 is 9.51 Å². The van der Waals surface area contributed by atoms with Gasteiger partial charge in [-0.3, -0.25) is 9.80 Å². The smallest absolute Gasteiger partial charge is 0.150 e. The number of rotatable bonds is 6. The van der Waals surface area contributed by atoms with E-state index < -0.39 is 0 Å². The highest BCUT2D eigenvalue weighted by Gasteiger charge is 2.46. The number of H-pyrrole nitrogens is 1. The van der Waals surface area contributed by atoms with Gasteiger partial charge >= 0.3 is 0 Å². The minimum Gasteiger partial charge on any atom is -0.360 e. The Morgan fingerprint density at radius 1 is 1.26 bits per heavy atom. The summed E-state index contributed by atoms with van der Waals surface area (Å²) in [6.07, 6.45) is 7.78. The minimum absolute atomic E-state index is 0.115. The highest BCUT2D eigenvalue weighted by molar-refractivity contribution is 5.27. The van der Waals surface area contributed by atoms with Crippen molar-refractivity contribution in [2.45, 2.75) is 70.9 Å². The Hall–Kier alpha value is -1.66. The largest absolute Gasteiger partial charge is 0.360 e. The summed E-state index contributed by atoms with van der Waals surface area (Å²) in [6.45, 7) is 11.9. The number of aromatic nitrogens is 3. The number of nitrogens with zero attached hydrogens (tertiary/aromatic N) is 4. The maximum atomic E-state index is 5.56. The summed E-state index contributed by atoms with van der Waals surface area (Å²) < 4.78 is 5.56. The molecule has 0 aliphatic carbocycles. The summed E-state index contributed by atoms with van der Waals surface area (Å²) >= 11 is 0. The van der Waals surface area contributed by atoms with Crippen molar-refractivity contribution in [2.24, 2.45) is 0 Å². The first-order valence-corrected chi connectivity index (χ1v) is 10.6. The normalized spacial score (nSPS) is 20.4. The highest BCUT2D eigenvalue weighted by Crippen LogP contribution is 2.42. The molecular weight excluding hydrogens is 338 g/mol. The number of piperidine rings is 1. The zero-order valence-electron chi connectivity index (χ0n) is 17.0. The van der Waals surface area contributed by atoms with Crippen LogP contribution in [0.1, 0.15) is 75.2 Å². The van der Waals surface area contributed by atoms with E-state index >= 15 is 0 Å². The van der Waals surface area contributed by atoms with Gasteiger partial charge in [0.1, 0.15) is 0 Å². The van der Waals surface area contributed by atoms with Crippen LogP contribution in [0.5, 0.6) is 0 Å². The van der Waals surface area contributed by atoms with Crippen LogP contribution in [0, 0.1) is 0 Å². The number of hydrogen-bond acceptors (Lipinski definition) is 5. The lowest BCUT2D eigenvalue weighted by atomic mass is 9.78. The van der Waals surface area contributed by atoms with E-state index in [0.29, 0.717) is 5.92 Å². The molecule has 1 N–H and O–H groups in total. The molecule has 148 valence electrons. The van der Waals surface area contributed by atoms with Crippen molar-refractivity contribution in [3.8, 4) is 0 Å². The van der Waals surface area contributed by atoms with Crippen molar-refractivity contribution in [1.82, 2.24) is 24.9 Å². The molecular formula is C21H33N5O. The second-order valence-electron chi connectivity index (χ2n) is 8.50. The third-order valence-corrected chi connectivity index (χ3v) is 6.41. The molecule has 4 rings (SSSR count). The van der Waals surface area contributed by atoms with Gasteiger partial charge in [0.15, 0.2) is 5.76 Å². The number of nitrogens with one attached hydrogen (secondary N) is 1. The molecule has 1 spiro atoms. The van der Waals surface area contributed by atoms with Gasteiger partial charge in [0.2, 0.25) is 0 Å². The predicted molar refractivity (Wildman–Crippen MR) is 106 cm³/mol. The average molecular weight is 372 g/mol. The Morgan fingerprint density at radius 3 is 2.78 bits per heavy atom. The molecule has 0 unspecified atom stereocenters. The first kappa shape index (κ1) is 18.7. The molecule has 0 bridgehead atoms. The van der Waals surface area contributed by atoms with E-state index in [2.05, 4.69) is 46.8 Å². The lowest BCUT2D eigenvalue weighted by molar-refractivity contribution is 0.000848. The maximum Gasteiger partial charge on any atom is 0.150 e. The van der Waals surface area contributed by atoms with E-state index in [0.717, 1.165) is 56.9 Å². The summed E-state index contributed by atoms with van der Waals surface area (Å²) in [4.78, 5) is 13.4. The standard InChI is InChI=1S/C21H33N5O/c1-4-5-9-26-10-6-18-20(23-15-22-18)21(26)7-11-25(12-8-21)14-17-13-19(16(2)3)24-27-17/h13,15-16H,4-12,14H2,1-3H3,(H,22,23). The van der Waals surface area contributed by atoms with E-state index in [1.165, 1.54) is 30.8 Å². The van der Waals surface area contributed by atoms with Crippen molar-refractivity contribution in [3.63, 3.8) is 0 Å². The maximum absolute atomic E-state index is 5.56. The molecule has 0 aromatic carbocycles. The lowest BCUT2D eigenvalue weighted by Crippen LogP contribution is -2.56. The topological polar surface area (TPSA) is 61.2 Å². The number of likely N-dealkylation sites (tertiary alicyclic amines) is 1. The van der Waals surface area contributed by atoms with Crippen LogP contribution in [0.2, 0.25) is 0 Å². The van der Waals surface area contributed by atoms with Crippen LogP contribution in [0.3, 0.4) is 0 Å². The van der Waals surface area contributed by atoms with Gasteiger partial charge in [-0.2, -0.15) is 0 Å². The van der Waals surface area contributed by atoms with Gasteiger partial charge in [0.05, 0.1) is 29.8 Å². The van der Waals surface area contributed by atoms with Crippen LogP contribution in [-0.4, -0.2) is 51.1 Å². The molecule has 1 fully saturated rings. The van der Waals surface area contributed by atoms with Gasteiger partial charge in [0.25, 0.3) is 0 Å². The average Bonchev–Trinajstić information content (AvgIpc) is 3.33. The van der Waals surface area contributed by atoms with Gasteiger partial charge in [-0.25, -0.2) is 4.98 Å². The zero-order valence-corrected chi connectivity index (χ0v) is 17.0. The Kier molecular flexibility index (Phi) is 5.37. The Labute approximate surface area is 162 Å². The second kappa shape index (κ2) is 7.76. The second-order valence-corrected chi connectivity index (χ2v) is 8.50. The number of imidazole rings is 1. The number of unbranched alkanes of at least 4 members (excludes halogenated alkanes) is 1.